The number of nitrogens with zero attached hydrogens (tertiary/aromatic N) is 3. The second-order valence-corrected chi connectivity index (χ2v) is 12.2. The van der Waals surface area contributed by atoms with Crippen molar-refractivity contribution in [1.29, 1.82) is 0 Å². The largest absolute Gasteiger partial charge is 0.502 e. The van der Waals surface area contributed by atoms with E-state index in [1.54, 1.807) is 21.3 Å². The molecule has 2 aromatic carbocycles. The highest BCUT2D eigenvalue weighted by molar-refractivity contribution is 7.98. The minimum Gasteiger partial charge on any atom is -0.502 e. The molecule has 7 nitrogen and oxygen atoms in total. The number of halogens is 2. The number of fused-ring (bicyclic) bond motifs is 6. The molecular formula is C29H25F2N3O4S. The van der Waals surface area contributed by atoms with Gasteiger partial charge in [0.15, 0.2) is 23.1 Å². The van der Waals surface area contributed by atoms with Gasteiger partial charge in [0.05, 0.1) is 17.7 Å². The molecule has 3 saturated heterocycles. The Kier molecular flexibility index (Phi) is 4.87. The minimum absolute atomic E-state index is 0.0273. The van der Waals surface area contributed by atoms with Crippen molar-refractivity contribution < 1.29 is 23.4 Å². The number of pyridine rings is 1. The maximum atomic E-state index is 14.9. The number of carbonyl (C=O) groups excluding carboxylic acids is 1. The first-order valence-electron chi connectivity index (χ1n) is 13.3. The van der Waals surface area contributed by atoms with Crippen LogP contribution < -0.4 is 10.4 Å². The monoisotopic (exact) mass is 549 g/mol. The van der Waals surface area contributed by atoms with E-state index in [0.717, 1.165) is 29.7 Å². The van der Waals surface area contributed by atoms with Gasteiger partial charge < -0.3 is 14.7 Å². The Bertz CT molecular complexity index is 1630. The van der Waals surface area contributed by atoms with E-state index in [-0.39, 0.29) is 23.3 Å². The SMILES string of the molecule is O=C1c2c(O)c(=O)ccn2N([C@@H]2c3cc(F)c(F)cc3CSc3ccccc32)[C@@H]2[C@H]3C[C@@H]4CC[C@@]3(CCN12)O4. The van der Waals surface area contributed by atoms with Gasteiger partial charge in [0.2, 0.25) is 5.43 Å². The number of hydrogen-bond donors (Lipinski definition) is 1. The van der Waals surface area contributed by atoms with E-state index in [4.69, 9.17) is 4.74 Å². The number of aromatic nitrogens is 1. The zero-order chi connectivity index (χ0) is 26.6. The third-order valence-electron chi connectivity index (χ3n) is 9.31. The normalized spacial score (nSPS) is 30.3. The average molecular weight is 550 g/mol. The van der Waals surface area contributed by atoms with Crippen LogP contribution >= 0.6 is 11.8 Å². The topological polar surface area (TPSA) is 75.0 Å². The fourth-order valence-corrected chi connectivity index (χ4v) is 8.72. The van der Waals surface area contributed by atoms with Gasteiger partial charge in [0.1, 0.15) is 6.17 Å². The Morgan fingerprint density at radius 2 is 1.87 bits per heavy atom. The molecule has 6 heterocycles. The molecule has 5 atom stereocenters. The fraction of sp³-hybridized carbons (Fsp3) is 0.379. The van der Waals surface area contributed by atoms with Crippen molar-refractivity contribution >= 4 is 17.7 Å². The molecule has 0 saturated carbocycles. The molecule has 3 aromatic rings. The van der Waals surface area contributed by atoms with E-state index in [2.05, 4.69) is 0 Å². The summed E-state index contributed by atoms with van der Waals surface area (Å²) in [5.41, 5.74) is 1.01. The van der Waals surface area contributed by atoms with Crippen LogP contribution in [0.3, 0.4) is 0 Å². The molecule has 3 fully saturated rings. The van der Waals surface area contributed by atoms with E-state index in [0.29, 0.717) is 29.8 Å². The second-order valence-electron chi connectivity index (χ2n) is 11.1. The van der Waals surface area contributed by atoms with Crippen LogP contribution in [0, 0.1) is 17.6 Å². The molecule has 10 heteroatoms. The first-order valence-corrected chi connectivity index (χ1v) is 14.3. The number of benzene rings is 2. The minimum atomic E-state index is -0.945. The van der Waals surface area contributed by atoms with Crippen LogP contribution in [0.1, 0.15) is 58.9 Å². The maximum Gasteiger partial charge on any atom is 0.278 e. The molecule has 1 N–H and O–H groups in total. The van der Waals surface area contributed by atoms with E-state index in [9.17, 15) is 23.5 Å². The zero-order valence-electron chi connectivity index (χ0n) is 20.8. The van der Waals surface area contributed by atoms with Crippen LogP contribution in [0.4, 0.5) is 8.78 Å². The second kappa shape index (κ2) is 8.08. The lowest BCUT2D eigenvalue weighted by atomic mass is 9.71. The van der Waals surface area contributed by atoms with E-state index < -0.39 is 40.9 Å². The number of amides is 1. The van der Waals surface area contributed by atoms with Crippen molar-refractivity contribution in [3.63, 3.8) is 0 Å². The quantitative estimate of drug-likeness (QED) is 0.488. The molecule has 1 aromatic heterocycles. The number of hydrogen-bond acceptors (Lipinski definition) is 6. The number of ether oxygens (including phenoxy) is 1. The molecule has 1 amide bonds. The third kappa shape index (κ3) is 3.12. The van der Waals surface area contributed by atoms with Gasteiger partial charge in [0, 0.05) is 35.4 Å². The molecule has 2 bridgehead atoms. The van der Waals surface area contributed by atoms with Gasteiger partial charge in [-0.15, -0.1) is 11.8 Å². The summed E-state index contributed by atoms with van der Waals surface area (Å²) in [5.74, 6) is -2.46. The molecule has 39 heavy (non-hydrogen) atoms. The molecule has 8 rings (SSSR count). The van der Waals surface area contributed by atoms with Crippen molar-refractivity contribution in [2.75, 3.05) is 11.6 Å². The van der Waals surface area contributed by atoms with Crippen molar-refractivity contribution in [2.24, 2.45) is 5.92 Å². The van der Waals surface area contributed by atoms with Gasteiger partial charge in [0.25, 0.3) is 5.91 Å². The zero-order valence-corrected chi connectivity index (χ0v) is 21.7. The Labute approximate surface area is 227 Å². The number of carbonyl (C=O) groups is 1. The first kappa shape index (κ1) is 23.5. The van der Waals surface area contributed by atoms with Crippen LogP contribution in [0.5, 0.6) is 5.75 Å². The highest BCUT2D eigenvalue weighted by atomic mass is 32.2. The standard InChI is InChI=1S/C29H25F2N3O4S/c30-20-11-15-14-39-23-4-2-1-3-17(23)24(18(15)13-21(20)31)34-27-19-12-16-5-7-29(19,38-16)8-10-32(27)28(37)25-26(36)22(35)6-9-33(25)34/h1-4,6,9,11,13,16,19,24,27,36H,5,7-8,10,12,14H2/t16-,19+,24-,27+,29-/m0/s1. The predicted octanol–water partition coefficient (Wildman–Crippen LogP) is 4.29. The van der Waals surface area contributed by atoms with E-state index in [1.807, 2.05) is 29.3 Å². The first-order chi connectivity index (χ1) is 18.9. The summed E-state index contributed by atoms with van der Waals surface area (Å²) in [7, 11) is 0. The predicted molar refractivity (Wildman–Crippen MR) is 139 cm³/mol. The van der Waals surface area contributed by atoms with Gasteiger partial charge in [-0.25, -0.2) is 8.78 Å². The lowest BCUT2D eigenvalue weighted by Gasteiger charge is -2.57. The summed E-state index contributed by atoms with van der Waals surface area (Å²) < 4.78 is 37.6. The molecule has 5 aliphatic rings. The van der Waals surface area contributed by atoms with Crippen LogP contribution in [0.2, 0.25) is 0 Å². The number of piperidine rings is 1. The Morgan fingerprint density at radius 3 is 2.72 bits per heavy atom. The van der Waals surface area contributed by atoms with Crippen molar-refractivity contribution in [3.8, 4) is 5.75 Å². The number of aromatic hydroxyl groups is 1. The summed E-state index contributed by atoms with van der Waals surface area (Å²) >= 11 is 1.55. The molecule has 0 unspecified atom stereocenters. The summed E-state index contributed by atoms with van der Waals surface area (Å²) in [6, 6.07) is 10.9. The van der Waals surface area contributed by atoms with Gasteiger partial charge in [-0.05, 0) is 60.6 Å². The van der Waals surface area contributed by atoms with E-state index >= 15 is 0 Å². The van der Waals surface area contributed by atoms with Crippen molar-refractivity contribution in [1.82, 2.24) is 9.58 Å². The summed E-state index contributed by atoms with van der Waals surface area (Å²) in [4.78, 5) is 29.2. The molecular weight excluding hydrogens is 524 g/mol. The molecule has 200 valence electrons. The Balaban J connectivity index is 1.43. The molecule has 0 aliphatic carbocycles. The Hall–Kier alpha value is -3.37. The van der Waals surface area contributed by atoms with Gasteiger partial charge >= 0.3 is 0 Å². The van der Waals surface area contributed by atoms with Crippen molar-refractivity contribution in [3.05, 3.63) is 92.9 Å². The lowest BCUT2D eigenvalue weighted by molar-refractivity contribution is -0.0756. The molecule has 1 spiro atoms. The maximum absolute atomic E-state index is 14.9. The van der Waals surface area contributed by atoms with E-state index in [1.165, 1.54) is 24.4 Å². The van der Waals surface area contributed by atoms with Gasteiger partial charge in [-0.1, -0.05) is 18.2 Å². The van der Waals surface area contributed by atoms with Crippen LogP contribution in [-0.2, 0) is 10.5 Å². The number of rotatable bonds is 1. The smallest absolute Gasteiger partial charge is 0.278 e. The van der Waals surface area contributed by atoms with Crippen LogP contribution in [0.25, 0.3) is 0 Å². The van der Waals surface area contributed by atoms with Gasteiger partial charge in [-0.3, -0.25) is 19.3 Å². The van der Waals surface area contributed by atoms with Crippen LogP contribution in [0.15, 0.2) is 58.4 Å². The highest BCUT2D eigenvalue weighted by Crippen LogP contribution is 2.57. The summed E-state index contributed by atoms with van der Waals surface area (Å²) in [6.45, 7) is 0.402. The van der Waals surface area contributed by atoms with Gasteiger partial charge in [-0.2, -0.15) is 0 Å². The van der Waals surface area contributed by atoms with Crippen LogP contribution in [-0.4, -0.2) is 45.0 Å². The van der Waals surface area contributed by atoms with Crippen molar-refractivity contribution in [2.45, 2.75) is 60.2 Å². The fourth-order valence-electron chi connectivity index (χ4n) is 7.64. The average Bonchev–Trinajstić information content (AvgIpc) is 3.47. The summed E-state index contributed by atoms with van der Waals surface area (Å²) in [6.07, 6.45) is 4.50. The Morgan fingerprint density at radius 1 is 1.05 bits per heavy atom. The lowest BCUT2D eigenvalue weighted by Crippen LogP contribution is -2.70. The third-order valence-corrected chi connectivity index (χ3v) is 10.5. The summed E-state index contributed by atoms with van der Waals surface area (Å²) in [5, 5.41) is 12.9. The molecule has 0 radical (unpaired) electrons. The molecule has 5 aliphatic heterocycles. The number of thioether (sulfide) groups is 1. The highest BCUT2D eigenvalue weighted by Gasteiger charge is 2.63.